The number of methoxy groups -OCH3 is 1. The number of furan rings is 1. The first-order valence-corrected chi connectivity index (χ1v) is 11.1. The van der Waals surface area contributed by atoms with Crippen LogP contribution in [0.1, 0.15) is 70.5 Å². The Kier molecular flexibility index (Phi) is 7.68. The van der Waals surface area contributed by atoms with E-state index >= 15 is 0 Å². The number of nitriles is 1. The molecule has 1 fully saturated rings. The van der Waals surface area contributed by atoms with Crippen LogP contribution in [-0.4, -0.2) is 30.4 Å². The SMILES string of the molecule is CC.COC(=O)c1cc(C(=O)N2CCCC2c2ccc(C)o2)cc(-c2ccccc2C#N)c1. The molecule has 1 saturated heterocycles. The molecule has 4 rings (SSSR count). The van der Waals surface area contributed by atoms with Gasteiger partial charge in [-0.3, -0.25) is 4.79 Å². The fourth-order valence-corrected chi connectivity index (χ4v) is 4.08. The van der Waals surface area contributed by atoms with Crippen molar-refractivity contribution >= 4 is 11.9 Å². The maximum atomic E-state index is 13.5. The Morgan fingerprint density at radius 3 is 2.48 bits per heavy atom. The van der Waals surface area contributed by atoms with Gasteiger partial charge in [-0.1, -0.05) is 32.0 Å². The molecular formula is C27H28N2O4. The van der Waals surface area contributed by atoms with Gasteiger partial charge in [0.15, 0.2) is 0 Å². The highest BCUT2D eigenvalue weighted by Gasteiger charge is 2.33. The number of carbonyl (C=O) groups is 2. The molecular weight excluding hydrogens is 416 g/mol. The van der Waals surface area contributed by atoms with Gasteiger partial charge in [-0.15, -0.1) is 0 Å². The molecule has 0 radical (unpaired) electrons. The van der Waals surface area contributed by atoms with Gasteiger partial charge in [-0.25, -0.2) is 4.79 Å². The zero-order valence-corrected chi connectivity index (χ0v) is 19.4. The number of hydrogen-bond donors (Lipinski definition) is 0. The second kappa shape index (κ2) is 10.6. The molecule has 2 heterocycles. The summed E-state index contributed by atoms with van der Waals surface area (Å²) in [7, 11) is 1.30. The van der Waals surface area contributed by atoms with E-state index in [4.69, 9.17) is 9.15 Å². The summed E-state index contributed by atoms with van der Waals surface area (Å²) in [5.41, 5.74) is 2.38. The molecule has 6 nitrogen and oxygen atoms in total. The van der Waals surface area contributed by atoms with Gasteiger partial charge >= 0.3 is 5.97 Å². The lowest BCUT2D eigenvalue weighted by molar-refractivity contribution is 0.0600. The monoisotopic (exact) mass is 444 g/mol. The molecule has 33 heavy (non-hydrogen) atoms. The summed E-state index contributed by atoms with van der Waals surface area (Å²) in [6.45, 7) is 6.49. The Morgan fingerprint density at radius 2 is 1.82 bits per heavy atom. The minimum absolute atomic E-state index is 0.141. The summed E-state index contributed by atoms with van der Waals surface area (Å²) in [6, 6.07) is 17.9. The van der Waals surface area contributed by atoms with Gasteiger partial charge in [0, 0.05) is 12.1 Å². The maximum absolute atomic E-state index is 13.5. The number of amides is 1. The van der Waals surface area contributed by atoms with Crippen LogP contribution in [0.5, 0.6) is 0 Å². The van der Waals surface area contributed by atoms with E-state index in [2.05, 4.69) is 6.07 Å². The summed E-state index contributed by atoms with van der Waals surface area (Å²) in [6.07, 6.45) is 1.69. The highest BCUT2D eigenvalue weighted by molar-refractivity contribution is 6.00. The van der Waals surface area contributed by atoms with Crippen molar-refractivity contribution in [2.45, 2.75) is 39.7 Å². The fraction of sp³-hybridized carbons (Fsp3) is 0.296. The normalized spacial score (nSPS) is 14.8. The van der Waals surface area contributed by atoms with Crippen LogP contribution in [0.25, 0.3) is 11.1 Å². The van der Waals surface area contributed by atoms with E-state index in [1.54, 1.807) is 41.3 Å². The molecule has 0 spiro atoms. The third-order valence-electron chi connectivity index (χ3n) is 5.56. The molecule has 0 bridgehead atoms. The molecule has 0 saturated carbocycles. The van der Waals surface area contributed by atoms with Crippen LogP contribution in [-0.2, 0) is 4.74 Å². The topological polar surface area (TPSA) is 83.5 Å². The van der Waals surface area contributed by atoms with Crippen LogP contribution < -0.4 is 0 Å². The van der Waals surface area contributed by atoms with Gasteiger partial charge in [0.2, 0.25) is 0 Å². The number of esters is 1. The number of rotatable bonds is 4. The van der Waals surface area contributed by atoms with E-state index in [9.17, 15) is 14.9 Å². The Hall–Kier alpha value is -3.85. The number of ether oxygens (including phenoxy) is 1. The van der Waals surface area contributed by atoms with Gasteiger partial charge < -0.3 is 14.1 Å². The van der Waals surface area contributed by atoms with Gasteiger partial charge in [-0.05, 0) is 67.3 Å². The van der Waals surface area contributed by atoms with Crippen LogP contribution in [0.4, 0.5) is 0 Å². The average Bonchev–Trinajstić information content (AvgIpc) is 3.53. The lowest BCUT2D eigenvalue weighted by Gasteiger charge is -2.24. The summed E-state index contributed by atoms with van der Waals surface area (Å²) < 4.78 is 10.7. The first kappa shape index (κ1) is 23.8. The van der Waals surface area contributed by atoms with Crippen molar-refractivity contribution in [1.29, 1.82) is 5.26 Å². The number of hydrogen-bond acceptors (Lipinski definition) is 5. The van der Waals surface area contributed by atoms with Crippen LogP contribution >= 0.6 is 0 Å². The van der Waals surface area contributed by atoms with E-state index < -0.39 is 5.97 Å². The van der Waals surface area contributed by atoms with Crippen molar-refractivity contribution in [3.8, 4) is 17.2 Å². The number of likely N-dealkylation sites (tertiary alicyclic amines) is 1. The first-order chi connectivity index (χ1) is 16.0. The van der Waals surface area contributed by atoms with Crippen LogP contribution in [0.15, 0.2) is 59.0 Å². The Labute approximate surface area is 194 Å². The van der Waals surface area contributed by atoms with Crippen molar-refractivity contribution in [2.75, 3.05) is 13.7 Å². The van der Waals surface area contributed by atoms with E-state index in [-0.39, 0.29) is 17.5 Å². The molecule has 1 aliphatic rings. The fourth-order valence-electron chi connectivity index (χ4n) is 4.08. The molecule has 6 heteroatoms. The second-order valence-electron chi connectivity index (χ2n) is 7.55. The molecule has 170 valence electrons. The van der Waals surface area contributed by atoms with E-state index in [0.29, 0.717) is 28.8 Å². The van der Waals surface area contributed by atoms with Gasteiger partial charge in [-0.2, -0.15) is 5.26 Å². The molecule has 1 aromatic heterocycles. The summed E-state index contributed by atoms with van der Waals surface area (Å²) in [4.78, 5) is 27.6. The zero-order valence-electron chi connectivity index (χ0n) is 19.4. The Bertz CT molecular complexity index is 1190. The zero-order chi connectivity index (χ0) is 24.0. The smallest absolute Gasteiger partial charge is 0.337 e. The lowest BCUT2D eigenvalue weighted by Crippen LogP contribution is -2.30. The van der Waals surface area contributed by atoms with Crippen LogP contribution in [0, 0.1) is 18.3 Å². The van der Waals surface area contributed by atoms with Crippen molar-refractivity contribution in [2.24, 2.45) is 0 Å². The third kappa shape index (κ3) is 4.98. The molecule has 1 unspecified atom stereocenters. The Balaban J connectivity index is 0.00000149. The highest BCUT2D eigenvalue weighted by Crippen LogP contribution is 2.35. The molecule has 2 aromatic carbocycles. The molecule has 1 aliphatic heterocycles. The quantitative estimate of drug-likeness (QED) is 0.467. The van der Waals surface area contributed by atoms with Gasteiger partial charge in [0.1, 0.15) is 11.5 Å². The minimum Gasteiger partial charge on any atom is -0.465 e. The number of benzene rings is 2. The molecule has 0 N–H and O–H groups in total. The maximum Gasteiger partial charge on any atom is 0.337 e. The predicted octanol–water partition coefficient (Wildman–Crippen LogP) is 5.92. The summed E-state index contributed by atoms with van der Waals surface area (Å²) >= 11 is 0. The molecule has 3 aromatic rings. The van der Waals surface area contributed by atoms with E-state index in [1.807, 2.05) is 39.0 Å². The Morgan fingerprint density at radius 1 is 1.09 bits per heavy atom. The highest BCUT2D eigenvalue weighted by atomic mass is 16.5. The molecule has 1 amide bonds. The first-order valence-electron chi connectivity index (χ1n) is 11.1. The van der Waals surface area contributed by atoms with Crippen molar-refractivity contribution in [1.82, 2.24) is 4.90 Å². The van der Waals surface area contributed by atoms with Crippen LogP contribution in [0.2, 0.25) is 0 Å². The van der Waals surface area contributed by atoms with Gasteiger partial charge in [0.05, 0.1) is 30.3 Å². The van der Waals surface area contributed by atoms with Crippen LogP contribution in [0.3, 0.4) is 0 Å². The predicted molar refractivity (Wildman–Crippen MR) is 126 cm³/mol. The van der Waals surface area contributed by atoms with E-state index in [1.165, 1.54) is 7.11 Å². The largest absolute Gasteiger partial charge is 0.465 e. The second-order valence-corrected chi connectivity index (χ2v) is 7.55. The lowest BCUT2D eigenvalue weighted by atomic mass is 9.96. The number of carbonyl (C=O) groups excluding carboxylic acids is 2. The number of nitrogens with zero attached hydrogens (tertiary/aromatic N) is 2. The third-order valence-corrected chi connectivity index (χ3v) is 5.56. The summed E-state index contributed by atoms with van der Waals surface area (Å²) in [5.74, 6) is 0.850. The standard InChI is InChI=1S/C25H22N2O4.C2H6/c1-16-9-10-23(31-16)22-8-5-11-27(22)24(28)19-12-18(13-20(14-19)25(29)30-2)21-7-4-3-6-17(21)15-26;1-2/h3-4,6-7,9-10,12-14,22H,5,8,11H2,1-2H3;1-2H3. The average molecular weight is 445 g/mol. The van der Waals surface area contributed by atoms with Crippen molar-refractivity contribution < 1.29 is 18.7 Å². The van der Waals surface area contributed by atoms with E-state index in [0.717, 1.165) is 24.4 Å². The van der Waals surface area contributed by atoms with Gasteiger partial charge in [0.25, 0.3) is 5.91 Å². The van der Waals surface area contributed by atoms with Crippen molar-refractivity contribution in [3.63, 3.8) is 0 Å². The van der Waals surface area contributed by atoms with Crippen molar-refractivity contribution in [3.05, 3.63) is 82.8 Å². The molecule has 1 atom stereocenters. The minimum atomic E-state index is -0.537. The number of aryl methyl sites for hydroxylation is 1. The summed E-state index contributed by atoms with van der Waals surface area (Å²) in [5, 5.41) is 9.49. The molecule has 0 aliphatic carbocycles.